The van der Waals surface area contributed by atoms with Gasteiger partial charge in [-0.3, -0.25) is 4.90 Å². The fourth-order valence-corrected chi connectivity index (χ4v) is 2.48. The van der Waals surface area contributed by atoms with Crippen molar-refractivity contribution in [1.82, 2.24) is 10.2 Å². The third-order valence-corrected chi connectivity index (χ3v) is 3.99. The summed E-state index contributed by atoms with van der Waals surface area (Å²) in [6.45, 7) is 16.8. The SMILES string of the molecule is CCC(C)CN(CC)Cc1cccc(CNCC(C)C)c1. The summed E-state index contributed by atoms with van der Waals surface area (Å²) >= 11 is 0. The van der Waals surface area contributed by atoms with Crippen LogP contribution in [-0.4, -0.2) is 24.5 Å². The average Bonchev–Trinajstić information content (AvgIpc) is 2.46. The maximum absolute atomic E-state index is 3.52. The lowest BCUT2D eigenvalue weighted by Gasteiger charge is -2.24. The van der Waals surface area contributed by atoms with Gasteiger partial charge in [-0.05, 0) is 36.1 Å². The van der Waals surface area contributed by atoms with Crippen LogP contribution >= 0.6 is 0 Å². The van der Waals surface area contributed by atoms with Crippen LogP contribution in [0.4, 0.5) is 0 Å². The predicted octanol–water partition coefficient (Wildman–Crippen LogP) is 4.30. The average molecular weight is 290 g/mol. The van der Waals surface area contributed by atoms with E-state index in [1.54, 1.807) is 0 Å². The van der Waals surface area contributed by atoms with Gasteiger partial charge in [-0.15, -0.1) is 0 Å². The van der Waals surface area contributed by atoms with E-state index in [-0.39, 0.29) is 0 Å². The largest absolute Gasteiger partial charge is 0.312 e. The summed E-state index contributed by atoms with van der Waals surface area (Å²) in [5.41, 5.74) is 2.83. The minimum Gasteiger partial charge on any atom is -0.312 e. The first-order chi connectivity index (χ1) is 10.0. The molecule has 1 aromatic rings. The number of hydrogen-bond acceptors (Lipinski definition) is 2. The molecule has 0 aliphatic rings. The van der Waals surface area contributed by atoms with Gasteiger partial charge in [0.1, 0.15) is 0 Å². The fraction of sp³-hybridized carbons (Fsp3) is 0.684. The molecule has 0 aliphatic heterocycles. The normalized spacial score (nSPS) is 13.1. The zero-order valence-electron chi connectivity index (χ0n) is 14.7. The molecule has 1 atom stereocenters. The Kier molecular flexibility index (Phi) is 8.63. The second-order valence-electron chi connectivity index (χ2n) is 6.69. The van der Waals surface area contributed by atoms with Crippen LogP contribution in [0.5, 0.6) is 0 Å². The van der Waals surface area contributed by atoms with Crippen molar-refractivity contribution in [2.45, 2.75) is 54.1 Å². The van der Waals surface area contributed by atoms with Gasteiger partial charge in [-0.2, -0.15) is 0 Å². The van der Waals surface area contributed by atoms with Crippen LogP contribution in [0, 0.1) is 11.8 Å². The Hall–Kier alpha value is -0.860. The van der Waals surface area contributed by atoms with Gasteiger partial charge in [-0.1, -0.05) is 65.3 Å². The van der Waals surface area contributed by atoms with E-state index in [9.17, 15) is 0 Å². The van der Waals surface area contributed by atoms with Crippen LogP contribution in [-0.2, 0) is 13.1 Å². The maximum atomic E-state index is 3.52. The first-order valence-electron chi connectivity index (χ1n) is 8.56. The molecule has 0 amide bonds. The van der Waals surface area contributed by atoms with Crippen molar-refractivity contribution < 1.29 is 0 Å². The van der Waals surface area contributed by atoms with Crippen molar-refractivity contribution >= 4 is 0 Å². The highest BCUT2D eigenvalue weighted by molar-refractivity contribution is 5.23. The van der Waals surface area contributed by atoms with E-state index in [4.69, 9.17) is 0 Å². The summed E-state index contributed by atoms with van der Waals surface area (Å²) in [4.78, 5) is 2.55. The first kappa shape index (κ1) is 18.2. The standard InChI is InChI=1S/C19H34N2/c1-6-17(5)14-21(7-2)15-19-10-8-9-18(11-19)13-20-12-16(3)4/h8-11,16-17,20H,6-7,12-15H2,1-5H3. The van der Waals surface area contributed by atoms with Crippen LogP contribution in [0.25, 0.3) is 0 Å². The van der Waals surface area contributed by atoms with E-state index < -0.39 is 0 Å². The molecule has 1 N–H and O–H groups in total. The highest BCUT2D eigenvalue weighted by atomic mass is 15.1. The molecule has 1 rings (SSSR count). The lowest BCUT2D eigenvalue weighted by atomic mass is 10.1. The van der Waals surface area contributed by atoms with Gasteiger partial charge in [0.05, 0.1) is 0 Å². The van der Waals surface area contributed by atoms with Crippen molar-refractivity contribution in [2.75, 3.05) is 19.6 Å². The third-order valence-electron chi connectivity index (χ3n) is 3.99. The Morgan fingerprint density at radius 3 is 2.43 bits per heavy atom. The molecule has 1 aromatic carbocycles. The lowest BCUT2D eigenvalue weighted by molar-refractivity contribution is 0.238. The summed E-state index contributed by atoms with van der Waals surface area (Å²) in [7, 11) is 0. The molecule has 0 saturated heterocycles. The van der Waals surface area contributed by atoms with Gasteiger partial charge >= 0.3 is 0 Å². The molecule has 120 valence electrons. The molecule has 0 saturated carbocycles. The molecule has 0 fully saturated rings. The van der Waals surface area contributed by atoms with Gasteiger partial charge in [0.15, 0.2) is 0 Å². The minimum atomic E-state index is 0.708. The van der Waals surface area contributed by atoms with Gasteiger partial charge in [0.25, 0.3) is 0 Å². The van der Waals surface area contributed by atoms with Crippen LogP contribution in [0.2, 0.25) is 0 Å². The molecule has 0 bridgehead atoms. The maximum Gasteiger partial charge on any atom is 0.0233 e. The Bertz CT molecular complexity index is 387. The zero-order chi connectivity index (χ0) is 15.7. The number of rotatable bonds is 10. The van der Waals surface area contributed by atoms with Gasteiger partial charge in [0.2, 0.25) is 0 Å². The Balaban J connectivity index is 2.54. The molecule has 2 heteroatoms. The Labute approximate surface area is 131 Å². The monoisotopic (exact) mass is 290 g/mol. The number of nitrogens with zero attached hydrogens (tertiary/aromatic N) is 1. The zero-order valence-corrected chi connectivity index (χ0v) is 14.7. The molecular weight excluding hydrogens is 256 g/mol. The van der Waals surface area contributed by atoms with Crippen LogP contribution in [0.1, 0.15) is 52.2 Å². The van der Waals surface area contributed by atoms with Gasteiger partial charge in [-0.25, -0.2) is 0 Å². The summed E-state index contributed by atoms with van der Waals surface area (Å²) in [6.07, 6.45) is 1.26. The van der Waals surface area contributed by atoms with Crippen LogP contribution in [0.3, 0.4) is 0 Å². The molecule has 2 nitrogen and oxygen atoms in total. The fourth-order valence-electron chi connectivity index (χ4n) is 2.48. The molecule has 0 spiro atoms. The first-order valence-corrected chi connectivity index (χ1v) is 8.56. The van der Waals surface area contributed by atoms with E-state index in [0.29, 0.717) is 5.92 Å². The van der Waals surface area contributed by atoms with E-state index >= 15 is 0 Å². The Morgan fingerprint density at radius 2 is 1.81 bits per heavy atom. The number of benzene rings is 1. The van der Waals surface area contributed by atoms with Crippen molar-refractivity contribution in [2.24, 2.45) is 11.8 Å². The smallest absolute Gasteiger partial charge is 0.0233 e. The molecule has 0 aromatic heterocycles. The second kappa shape index (κ2) is 9.97. The van der Waals surface area contributed by atoms with Gasteiger partial charge < -0.3 is 5.32 Å². The summed E-state index contributed by atoms with van der Waals surface area (Å²) in [5, 5.41) is 3.52. The van der Waals surface area contributed by atoms with Crippen LogP contribution in [0.15, 0.2) is 24.3 Å². The van der Waals surface area contributed by atoms with Crippen molar-refractivity contribution in [1.29, 1.82) is 0 Å². The van der Waals surface area contributed by atoms with Crippen molar-refractivity contribution in [3.05, 3.63) is 35.4 Å². The quantitative estimate of drug-likeness (QED) is 0.691. The van der Waals surface area contributed by atoms with Crippen molar-refractivity contribution in [3.63, 3.8) is 0 Å². The highest BCUT2D eigenvalue weighted by Crippen LogP contribution is 2.11. The molecule has 0 aliphatic carbocycles. The van der Waals surface area contributed by atoms with Gasteiger partial charge in [0, 0.05) is 19.6 Å². The molecule has 21 heavy (non-hydrogen) atoms. The second-order valence-corrected chi connectivity index (χ2v) is 6.69. The highest BCUT2D eigenvalue weighted by Gasteiger charge is 2.08. The van der Waals surface area contributed by atoms with E-state index in [0.717, 1.165) is 32.1 Å². The topological polar surface area (TPSA) is 15.3 Å². The summed E-state index contributed by atoms with van der Waals surface area (Å²) in [6, 6.07) is 9.03. The van der Waals surface area contributed by atoms with Crippen molar-refractivity contribution in [3.8, 4) is 0 Å². The molecule has 0 heterocycles. The predicted molar refractivity (Wildman–Crippen MR) is 93.4 cm³/mol. The van der Waals surface area contributed by atoms with E-state index in [2.05, 4.69) is 69.1 Å². The Morgan fingerprint density at radius 1 is 1.10 bits per heavy atom. The number of hydrogen-bond donors (Lipinski definition) is 1. The molecular formula is C19H34N2. The minimum absolute atomic E-state index is 0.708. The van der Waals surface area contributed by atoms with Crippen LogP contribution < -0.4 is 5.32 Å². The molecule has 1 unspecified atom stereocenters. The molecule has 0 radical (unpaired) electrons. The van der Waals surface area contributed by atoms with E-state index in [1.165, 1.54) is 24.1 Å². The summed E-state index contributed by atoms with van der Waals surface area (Å²) < 4.78 is 0. The lowest BCUT2D eigenvalue weighted by Crippen LogP contribution is -2.28. The third kappa shape index (κ3) is 7.63. The number of nitrogens with one attached hydrogen (secondary N) is 1. The summed E-state index contributed by atoms with van der Waals surface area (Å²) in [5.74, 6) is 1.49. The van der Waals surface area contributed by atoms with E-state index in [1.807, 2.05) is 0 Å².